The van der Waals surface area contributed by atoms with E-state index in [9.17, 15) is 0 Å². The number of hydrogen-bond donors (Lipinski definition) is 1. The highest BCUT2D eigenvalue weighted by molar-refractivity contribution is 5.82. The van der Waals surface area contributed by atoms with Crippen LogP contribution in [0.2, 0.25) is 0 Å². The molecule has 0 saturated carbocycles. The van der Waals surface area contributed by atoms with Crippen molar-refractivity contribution in [2.24, 2.45) is 5.92 Å². The monoisotopic (exact) mass is 300 g/mol. The van der Waals surface area contributed by atoms with Gasteiger partial charge in [0.2, 0.25) is 0 Å². The second-order valence-corrected chi connectivity index (χ2v) is 5.68. The summed E-state index contributed by atoms with van der Waals surface area (Å²) < 4.78 is 32.7. The average Bonchev–Trinajstić information content (AvgIpc) is 2.62. The van der Waals surface area contributed by atoms with Gasteiger partial charge in [0.25, 0.3) is 0 Å². The third-order valence-electron chi connectivity index (χ3n) is 3.40. The van der Waals surface area contributed by atoms with Crippen LogP contribution in [-0.2, 0) is 0 Å². The number of allylic oxidation sites excluding steroid dienone is 1. The van der Waals surface area contributed by atoms with E-state index in [2.05, 4.69) is 54.1 Å². The average molecular weight is 301 g/mol. The van der Waals surface area contributed by atoms with E-state index in [-0.39, 0.29) is 0 Å². The molecule has 110 valence electrons. The molecule has 0 radical (unpaired) electrons. The first-order valence-corrected chi connectivity index (χ1v) is 7.49. The van der Waals surface area contributed by atoms with Crippen LogP contribution < -0.4 is 23.8 Å². The number of halogens is 1. The third kappa shape index (κ3) is 3.41. The number of rotatable bonds is 0. The summed E-state index contributed by atoms with van der Waals surface area (Å²) in [5.74, 6) is 2.06. The van der Waals surface area contributed by atoms with Crippen molar-refractivity contribution in [3.8, 4) is 0 Å². The number of fused-ring (bicyclic) bond motifs is 3. The first-order chi connectivity index (χ1) is 9.27. The van der Waals surface area contributed by atoms with E-state index >= 15 is 0 Å². The summed E-state index contributed by atoms with van der Waals surface area (Å²) in [6.45, 7) is 3.44. The maximum atomic E-state index is 8.60. The van der Waals surface area contributed by atoms with Crippen LogP contribution in [0.1, 0.15) is 13.3 Å². The molecule has 2 aliphatic rings. The molecule has 7 heteroatoms. The molecule has 1 atom stereocenters. The Morgan fingerprint density at radius 3 is 2.35 bits per heavy atom. The molecular weight excluding hydrogens is 284 g/mol. The fourth-order valence-electron chi connectivity index (χ4n) is 2.51. The maximum absolute atomic E-state index is 8.60. The molecule has 0 fully saturated rings. The van der Waals surface area contributed by atoms with Gasteiger partial charge in [0.1, 0.15) is 5.82 Å². The summed E-state index contributed by atoms with van der Waals surface area (Å²) in [7, 11) is -2.54. The molecule has 1 aromatic carbocycles. The van der Waals surface area contributed by atoms with Crippen LogP contribution in [0, 0.1) is 16.2 Å². The highest BCUT2D eigenvalue weighted by atomic mass is 35.7. The Bertz CT molecular complexity index is 509. The third-order valence-corrected chi connectivity index (χ3v) is 3.40. The van der Waals surface area contributed by atoms with Crippen LogP contribution >= 0.6 is 0 Å². The summed E-state index contributed by atoms with van der Waals surface area (Å²) in [5.41, 5.74) is 2.69. The predicted molar refractivity (Wildman–Crippen MR) is 66.3 cm³/mol. The first-order valence-electron chi connectivity index (χ1n) is 6.22. The molecule has 20 heavy (non-hydrogen) atoms. The van der Waals surface area contributed by atoms with Crippen molar-refractivity contribution in [2.75, 3.05) is 23.4 Å². The molecule has 0 aliphatic carbocycles. The first kappa shape index (κ1) is 15.1. The van der Waals surface area contributed by atoms with Crippen LogP contribution in [0.5, 0.6) is 0 Å². The quantitative estimate of drug-likeness (QED) is 0.640. The molecule has 0 bridgehead atoms. The van der Waals surface area contributed by atoms with Crippen LogP contribution in [0.3, 0.4) is 0 Å². The van der Waals surface area contributed by atoms with Crippen molar-refractivity contribution < 1.29 is 28.9 Å². The molecule has 2 heterocycles. The standard InChI is InChI=1S/C13H16N2.ClHO4/c1-10-7-8-15-12-6-4-3-5-11(12)14(2)13(15)9-10;2-1(3,4)5/h3-6,9-10H,7-8H2,1-2H3;(H,2,3,4,5). The predicted octanol–water partition coefficient (Wildman–Crippen LogP) is -1.30. The number of para-hydroxylation sites is 2. The summed E-state index contributed by atoms with van der Waals surface area (Å²) in [4.78, 5) is 4.72. The van der Waals surface area contributed by atoms with Crippen molar-refractivity contribution in [1.29, 1.82) is 0 Å². The van der Waals surface area contributed by atoms with Crippen molar-refractivity contribution in [1.82, 2.24) is 0 Å². The highest BCUT2D eigenvalue weighted by Crippen LogP contribution is 2.42. The van der Waals surface area contributed by atoms with Gasteiger partial charge < -0.3 is 9.80 Å². The zero-order valence-electron chi connectivity index (χ0n) is 11.3. The van der Waals surface area contributed by atoms with Crippen LogP contribution in [0.15, 0.2) is 36.2 Å². The zero-order chi connectivity index (χ0) is 14.9. The Morgan fingerprint density at radius 1 is 1.20 bits per heavy atom. The molecular formula is C13H17ClN2O4. The Morgan fingerprint density at radius 2 is 1.75 bits per heavy atom. The van der Waals surface area contributed by atoms with Gasteiger partial charge in [0.15, 0.2) is 0 Å². The lowest BCUT2D eigenvalue weighted by molar-refractivity contribution is -1.92. The fourth-order valence-corrected chi connectivity index (χ4v) is 2.51. The molecule has 3 rings (SSSR count). The van der Waals surface area contributed by atoms with Gasteiger partial charge in [-0.1, -0.05) is 19.1 Å². The van der Waals surface area contributed by atoms with Crippen molar-refractivity contribution in [3.05, 3.63) is 36.2 Å². The van der Waals surface area contributed by atoms with E-state index in [0.717, 1.165) is 6.54 Å². The van der Waals surface area contributed by atoms with Gasteiger partial charge in [-0.3, -0.25) is 0 Å². The number of nitrogens with zero attached hydrogens (tertiary/aromatic N) is 2. The Kier molecular flexibility index (Phi) is 4.22. The molecule has 6 nitrogen and oxygen atoms in total. The van der Waals surface area contributed by atoms with Gasteiger partial charge in [-0.2, -0.15) is 14.0 Å². The molecule has 1 aromatic rings. The number of anilines is 2. The van der Waals surface area contributed by atoms with Crippen molar-refractivity contribution >= 4 is 11.4 Å². The summed E-state index contributed by atoms with van der Waals surface area (Å²) >= 11 is 0. The second kappa shape index (κ2) is 5.59. The van der Waals surface area contributed by atoms with Crippen LogP contribution in [0.25, 0.3) is 0 Å². The molecule has 0 saturated heterocycles. The van der Waals surface area contributed by atoms with E-state index in [1.165, 1.54) is 23.6 Å². The Balaban J connectivity index is 0.000000257. The van der Waals surface area contributed by atoms with Gasteiger partial charge >= 0.3 is 0 Å². The summed E-state index contributed by atoms with van der Waals surface area (Å²) in [6, 6.07) is 8.63. The van der Waals surface area contributed by atoms with Crippen molar-refractivity contribution in [2.45, 2.75) is 13.3 Å². The molecule has 2 aliphatic heterocycles. The fraction of sp³-hybridized carbons (Fsp3) is 0.385. The Hall–Kier alpha value is -1.31. The van der Waals surface area contributed by atoms with E-state index in [0.29, 0.717) is 5.92 Å². The molecule has 0 aromatic heterocycles. The number of benzene rings is 1. The van der Waals surface area contributed by atoms with E-state index in [1.807, 2.05) is 0 Å². The normalized spacial score (nSPS) is 20.7. The molecule has 0 amide bonds. The lowest BCUT2D eigenvalue weighted by atomic mass is 10.0. The SMILES string of the molecule is CC1C=C2N(C)c3ccccc3N2CC1.[O-][Cl+3]([O-])([O-])O. The lowest BCUT2D eigenvalue weighted by Gasteiger charge is -2.29. The van der Waals surface area contributed by atoms with E-state index < -0.39 is 10.2 Å². The minimum absolute atomic E-state index is 0.702. The molecule has 1 N–H and O–H groups in total. The van der Waals surface area contributed by atoms with E-state index in [1.54, 1.807) is 0 Å². The zero-order valence-corrected chi connectivity index (χ0v) is 12.1. The van der Waals surface area contributed by atoms with Crippen LogP contribution in [-0.4, -0.2) is 18.3 Å². The van der Waals surface area contributed by atoms with Crippen molar-refractivity contribution in [3.63, 3.8) is 0 Å². The largest absolute Gasteiger partial charge is 0.329 e. The van der Waals surface area contributed by atoms with Gasteiger partial charge in [0.05, 0.1) is 26.3 Å². The van der Waals surface area contributed by atoms with Gasteiger partial charge in [0, 0.05) is 13.6 Å². The van der Waals surface area contributed by atoms with Crippen LogP contribution in [0.4, 0.5) is 11.4 Å². The Labute approximate surface area is 119 Å². The van der Waals surface area contributed by atoms with Gasteiger partial charge in [-0.15, -0.1) is 0 Å². The molecule has 0 spiro atoms. The van der Waals surface area contributed by atoms with E-state index in [4.69, 9.17) is 18.6 Å². The van der Waals surface area contributed by atoms with Gasteiger partial charge in [-0.05, 0) is 30.5 Å². The highest BCUT2D eigenvalue weighted by Gasteiger charge is 2.30. The minimum atomic E-state index is -4.69. The topological polar surface area (TPSA) is 95.9 Å². The summed E-state index contributed by atoms with van der Waals surface area (Å²) in [5, 5.41) is 0. The second-order valence-electron chi connectivity index (χ2n) is 4.89. The maximum Gasteiger partial charge on any atom is 0.109 e. The molecule has 1 unspecified atom stereocenters. The minimum Gasteiger partial charge on any atom is -0.329 e. The lowest BCUT2D eigenvalue weighted by Crippen LogP contribution is -2.58. The van der Waals surface area contributed by atoms with Gasteiger partial charge in [-0.25, -0.2) is 0 Å². The number of hydrogen-bond acceptors (Lipinski definition) is 6. The summed E-state index contributed by atoms with van der Waals surface area (Å²) in [6.07, 6.45) is 3.63. The smallest absolute Gasteiger partial charge is 0.109 e.